The van der Waals surface area contributed by atoms with Gasteiger partial charge in [0.05, 0.1) is 0 Å². The molecule has 0 spiro atoms. The topological polar surface area (TPSA) is 38.3 Å². The van der Waals surface area contributed by atoms with Gasteiger partial charge in [0.15, 0.2) is 0 Å². The van der Waals surface area contributed by atoms with E-state index in [0.29, 0.717) is 24.1 Å². The smallest absolute Gasteiger partial charge is 0.251 e. The van der Waals surface area contributed by atoms with Crippen molar-refractivity contribution in [2.45, 2.75) is 31.7 Å². The number of nitrogens with one attached hydrogen (secondary N) is 1. The number of benzene rings is 1. The van der Waals surface area contributed by atoms with Crippen LogP contribution in [0.4, 0.5) is 0 Å². The third-order valence-corrected chi connectivity index (χ3v) is 4.54. The average molecular weight is 271 g/mol. The standard InChI is InChI=1S/C17H21NO2/c1-2-9-20-15-7-5-13(6-8-15)17(19)18-16-11-12-3-4-14(16)10-12/h2,5-8,12,14,16H,1,3-4,9-11H2,(H,18,19)/t12-,14-,16+/m1/s1. The van der Waals surface area contributed by atoms with E-state index in [-0.39, 0.29) is 5.91 Å². The Balaban J connectivity index is 1.58. The third kappa shape index (κ3) is 2.72. The van der Waals surface area contributed by atoms with Crippen molar-refractivity contribution in [3.05, 3.63) is 42.5 Å². The highest BCUT2D eigenvalue weighted by atomic mass is 16.5. The number of hydrogen-bond donors (Lipinski definition) is 1. The minimum atomic E-state index is 0.0396. The molecule has 2 aliphatic carbocycles. The lowest BCUT2D eigenvalue weighted by atomic mass is 9.95. The number of fused-ring (bicyclic) bond motifs is 2. The van der Waals surface area contributed by atoms with Crippen LogP contribution in [0.1, 0.15) is 36.0 Å². The van der Waals surface area contributed by atoms with E-state index < -0.39 is 0 Å². The van der Waals surface area contributed by atoms with Crippen molar-refractivity contribution in [2.75, 3.05) is 6.61 Å². The van der Waals surface area contributed by atoms with Crippen molar-refractivity contribution in [3.8, 4) is 5.75 Å². The summed E-state index contributed by atoms with van der Waals surface area (Å²) in [5.41, 5.74) is 0.707. The van der Waals surface area contributed by atoms with Crippen LogP contribution < -0.4 is 10.1 Å². The highest BCUT2D eigenvalue weighted by Crippen LogP contribution is 2.44. The van der Waals surface area contributed by atoms with Gasteiger partial charge in [0.2, 0.25) is 0 Å². The summed E-state index contributed by atoms with van der Waals surface area (Å²) < 4.78 is 5.41. The quantitative estimate of drug-likeness (QED) is 0.835. The molecule has 106 valence electrons. The first-order chi connectivity index (χ1) is 9.76. The fourth-order valence-electron chi connectivity index (χ4n) is 3.53. The molecule has 20 heavy (non-hydrogen) atoms. The van der Waals surface area contributed by atoms with Gasteiger partial charge >= 0.3 is 0 Å². The van der Waals surface area contributed by atoms with Gasteiger partial charge in [0.25, 0.3) is 5.91 Å². The first kappa shape index (κ1) is 13.2. The van der Waals surface area contributed by atoms with Crippen LogP contribution in [0.2, 0.25) is 0 Å². The van der Waals surface area contributed by atoms with Crippen LogP contribution in [-0.2, 0) is 0 Å². The molecule has 0 aromatic heterocycles. The summed E-state index contributed by atoms with van der Waals surface area (Å²) in [6.45, 7) is 4.09. The minimum absolute atomic E-state index is 0.0396. The van der Waals surface area contributed by atoms with Gasteiger partial charge in [-0.3, -0.25) is 4.79 Å². The number of carbonyl (C=O) groups is 1. The molecular formula is C17H21NO2. The Morgan fingerprint density at radius 1 is 1.30 bits per heavy atom. The Morgan fingerprint density at radius 3 is 2.70 bits per heavy atom. The second-order valence-electron chi connectivity index (χ2n) is 5.88. The minimum Gasteiger partial charge on any atom is -0.490 e. The lowest BCUT2D eigenvalue weighted by molar-refractivity contribution is 0.0923. The third-order valence-electron chi connectivity index (χ3n) is 4.54. The van der Waals surface area contributed by atoms with Crippen LogP contribution in [0.3, 0.4) is 0 Å². The highest BCUT2D eigenvalue weighted by Gasteiger charge is 2.40. The maximum Gasteiger partial charge on any atom is 0.251 e. The fourth-order valence-corrected chi connectivity index (χ4v) is 3.53. The van der Waals surface area contributed by atoms with Gasteiger partial charge in [-0.15, -0.1) is 0 Å². The van der Waals surface area contributed by atoms with Crippen LogP contribution in [-0.4, -0.2) is 18.6 Å². The molecule has 1 aromatic carbocycles. The zero-order valence-corrected chi connectivity index (χ0v) is 11.7. The zero-order chi connectivity index (χ0) is 13.9. The molecule has 3 heteroatoms. The van der Waals surface area contributed by atoms with Crippen LogP contribution in [0.5, 0.6) is 5.75 Å². The van der Waals surface area contributed by atoms with Crippen LogP contribution >= 0.6 is 0 Å². The predicted octanol–water partition coefficient (Wildman–Crippen LogP) is 3.17. The Labute approximate surface area is 120 Å². The molecule has 0 unspecified atom stereocenters. The Kier molecular flexibility index (Phi) is 3.77. The second kappa shape index (κ2) is 5.70. The average Bonchev–Trinajstić information content (AvgIpc) is 3.08. The lowest BCUT2D eigenvalue weighted by Crippen LogP contribution is -2.38. The summed E-state index contributed by atoms with van der Waals surface area (Å²) in [6, 6.07) is 7.69. The van der Waals surface area contributed by atoms with Crippen molar-refractivity contribution >= 4 is 5.91 Å². The van der Waals surface area contributed by atoms with Crippen molar-refractivity contribution < 1.29 is 9.53 Å². The van der Waals surface area contributed by atoms with Crippen molar-refractivity contribution in [2.24, 2.45) is 11.8 Å². The van der Waals surface area contributed by atoms with Gasteiger partial charge in [-0.25, -0.2) is 0 Å². The van der Waals surface area contributed by atoms with E-state index in [1.807, 2.05) is 24.3 Å². The van der Waals surface area contributed by atoms with E-state index in [4.69, 9.17) is 4.74 Å². The zero-order valence-electron chi connectivity index (χ0n) is 11.7. The fraction of sp³-hybridized carbons (Fsp3) is 0.471. The van der Waals surface area contributed by atoms with E-state index in [9.17, 15) is 4.79 Å². The van der Waals surface area contributed by atoms with E-state index in [1.54, 1.807) is 6.08 Å². The maximum atomic E-state index is 12.2. The van der Waals surface area contributed by atoms with Gasteiger partial charge in [-0.1, -0.05) is 19.1 Å². The van der Waals surface area contributed by atoms with Gasteiger partial charge in [0, 0.05) is 11.6 Å². The largest absolute Gasteiger partial charge is 0.490 e. The van der Waals surface area contributed by atoms with Crippen molar-refractivity contribution in [3.63, 3.8) is 0 Å². The molecule has 1 aromatic rings. The van der Waals surface area contributed by atoms with Crippen LogP contribution in [0.25, 0.3) is 0 Å². The van der Waals surface area contributed by atoms with E-state index >= 15 is 0 Å². The van der Waals surface area contributed by atoms with Gasteiger partial charge in [-0.2, -0.15) is 0 Å². The summed E-state index contributed by atoms with van der Waals surface area (Å²) in [4.78, 5) is 12.2. The molecule has 2 fully saturated rings. The van der Waals surface area contributed by atoms with E-state index in [2.05, 4.69) is 11.9 Å². The Bertz CT molecular complexity index is 494. The maximum absolute atomic E-state index is 12.2. The summed E-state index contributed by atoms with van der Waals surface area (Å²) >= 11 is 0. The number of amides is 1. The Hall–Kier alpha value is -1.77. The van der Waals surface area contributed by atoms with Crippen LogP contribution in [0, 0.1) is 11.8 Å². The number of ether oxygens (including phenoxy) is 1. The van der Waals surface area contributed by atoms with Gasteiger partial charge in [-0.05, 0) is 55.4 Å². The molecule has 1 amide bonds. The summed E-state index contributed by atoms with van der Waals surface area (Å²) in [5.74, 6) is 2.36. The van der Waals surface area contributed by atoms with Gasteiger partial charge in [0.1, 0.15) is 12.4 Å². The molecule has 3 rings (SSSR count). The molecule has 2 saturated carbocycles. The number of hydrogen-bond acceptors (Lipinski definition) is 2. The lowest BCUT2D eigenvalue weighted by Gasteiger charge is -2.22. The number of rotatable bonds is 5. The van der Waals surface area contributed by atoms with E-state index in [1.165, 1.54) is 19.3 Å². The summed E-state index contributed by atoms with van der Waals surface area (Å²) in [7, 11) is 0. The molecule has 0 saturated heterocycles. The summed E-state index contributed by atoms with van der Waals surface area (Å²) in [5, 5.41) is 3.19. The molecule has 0 aliphatic heterocycles. The molecular weight excluding hydrogens is 250 g/mol. The first-order valence-electron chi connectivity index (χ1n) is 7.41. The van der Waals surface area contributed by atoms with Gasteiger partial charge < -0.3 is 10.1 Å². The molecule has 1 N–H and O–H groups in total. The van der Waals surface area contributed by atoms with Crippen molar-refractivity contribution in [1.82, 2.24) is 5.32 Å². The Morgan fingerprint density at radius 2 is 2.10 bits per heavy atom. The van der Waals surface area contributed by atoms with E-state index in [0.717, 1.165) is 18.1 Å². The molecule has 2 aliphatic rings. The number of carbonyl (C=O) groups excluding carboxylic acids is 1. The summed E-state index contributed by atoms with van der Waals surface area (Å²) in [6.07, 6.45) is 6.81. The highest BCUT2D eigenvalue weighted by molar-refractivity contribution is 5.94. The molecule has 2 bridgehead atoms. The first-order valence-corrected chi connectivity index (χ1v) is 7.41. The molecule has 3 atom stereocenters. The molecule has 0 heterocycles. The van der Waals surface area contributed by atoms with Crippen LogP contribution in [0.15, 0.2) is 36.9 Å². The van der Waals surface area contributed by atoms with Crippen molar-refractivity contribution in [1.29, 1.82) is 0 Å². The second-order valence-corrected chi connectivity index (χ2v) is 5.88. The monoisotopic (exact) mass is 271 g/mol. The normalized spacial score (nSPS) is 27.3. The predicted molar refractivity (Wildman–Crippen MR) is 78.8 cm³/mol. The SMILES string of the molecule is C=CCOc1ccc(C(=O)N[C@H]2C[C@@H]3CC[C@@H]2C3)cc1. The molecule has 0 radical (unpaired) electrons. The molecule has 3 nitrogen and oxygen atoms in total.